The fourth-order valence-electron chi connectivity index (χ4n) is 1.66. The highest BCUT2D eigenvalue weighted by Gasteiger charge is 2.15. The van der Waals surface area contributed by atoms with E-state index in [1.807, 2.05) is 30.3 Å². The van der Waals surface area contributed by atoms with E-state index in [4.69, 9.17) is 0 Å². The van der Waals surface area contributed by atoms with Crippen LogP contribution in [0.3, 0.4) is 0 Å². The Labute approximate surface area is 88.2 Å². The maximum Gasteiger partial charge on any atom is 0.151 e. The largest absolute Gasteiger partial charge is 0.390 e. The number of hydrogen-bond acceptors (Lipinski definition) is 1. The first-order valence-corrected chi connectivity index (χ1v) is 4.99. The lowest BCUT2D eigenvalue weighted by atomic mass is 10.0. The molecule has 2 aromatic rings. The fourth-order valence-corrected chi connectivity index (χ4v) is 1.66. The molecule has 0 radical (unpaired) electrons. The van der Waals surface area contributed by atoms with Crippen LogP contribution in [0.5, 0.6) is 0 Å². The summed E-state index contributed by atoms with van der Waals surface area (Å²) < 4.78 is 13.5. The minimum Gasteiger partial charge on any atom is -0.390 e. The van der Waals surface area contributed by atoms with Gasteiger partial charge in [-0.3, -0.25) is 0 Å². The Morgan fingerprint density at radius 1 is 1.07 bits per heavy atom. The van der Waals surface area contributed by atoms with Crippen molar-refractivity contribution in [1.82, 2.24) is 0 Å². The predicted octanol–water partition coefficient (Wildman–Crippen LogP) is 3.23. The lowest BCUT2D eigenvalue weighted by molar-refractivity contribution is 0.0934. The molecule has 0 aromatic heterocycles. The monoisotopic (exact) mass is 204 g/mol. The highest BCUT2D eigenvalue weighted by molar-refractivity contribution is 5.83. The number of aliphatic hydroxyl groups is 1. The number of aliphatic hydroxyl groups excluding tert-OH is 1. The number of alkyl halides is 1. The molecular formula is C13H13FO. The van der Waals surface area contributed by atoms with Gasteiger partial charge in [0, 0.05) is 0 Å². The van der Waals surface area contributed by atoms with Gasteiger partial charge in [0.25, 0.3) is 0 Å². The van der Waals surface area contributed by atoms with E-state index in [1.165, 1.54) is 6.92 Å². The van der Waals surface area contributed by atoms with Gasteiger partial charge in [0.15, 0.2) is 6.17 Å². The summed E-state index contributed by atoms with van der Waals surface area (Å²) in [7, 11) is 0. The highest BCUT2D eigenvalue weighted by Crippen LogP contribution is 2.25. The van der Waals surface area contributed by atoms with Gasteiger partial charge >= 0.3 is 0 Å². The molecule has 0 unspecified atom stereocenters. The van der Waals surface area contributed by atoms with Crippen LogP contribution in [0.15, 0.2) is 42.5 Å². The average molecular weight is 204 g/mol. The molecule has 1 N–H and O–H groups in total. The van der Waals surface area contributed by atoms with Crippen molar-refractivity contribution >= 4 is 10.8 Å². The molecule has 2 heteroatoms. The molecule has 0 fully saturated rings. The molecule has 2 aromatic carbocycles. The lowest BCUT2D eigenvalue weighted by Crippen LogP contribution is -2.09. The molecule has 78 valence electrons. The molecule has 0 bridgehead atoms. The molecule has 0 spiro atoms. The van der Waals surface area contributed by atoms with Gasteiger partial charge in [-0.25, -0.2) is 4.39 Å². The molecule has 0 aliphatic heterocycles. The third-order valence-corrected chi connectivity index (χ3v) is 2.52. The second-order valence-electron chi connectivity index (χ2n) is 3.75. The zero-order valence-electron chi connectivity index (χ0n) is 8.52. The molecule has 0 saturated carbocycles. The Bertz CT molecular complexity index is 465. The van der Waals surface area contributed by atoms with E-state index in [-0.39, 0.29) is 0 Å². The molecule has 0 aliphatic rings. The summed E-state index contributed by atoms with van der Waals surface area (Å²) in [5.41, 5.74) is 0.531. The molecule has 0 aliphatic carbocycles. The van der Waals surface area contributed by atoms with Crippen LogP contribution in [0.1, 0.15) is 18.7 Å². The molecule has 1 nitrogen and oxygen atoms in total. The van der Waals surface area contributed by atoms with Crippen LogP contribution < -0.4 is 0 Å². The van der Waals surface area contributed by atoms with E-state index >= 15 is 0 Å². The predicted molar refractivity (Wildman–Crippen MR) is 59.5 cm³/mol. The van der Waals surface area contributed by atoms with Crippen molar-refractivity contribution in [2.75, 3.05) is 0 Å². The molecule has 2 atom stereocenters. The van der Waals surface area contributed by atoms with E-state index < -0.39 is 12.3 Å². The summed E-state index contributed by atoms with van der Waals surface area (Å²) in [5.74, 6) is 0. The first-order chi connectivity index (χ1) is 7.18. The zero-order chi connectivity index (χ0) is 10.8. The first-order valence-electron chi connectivity index (χ1n) is 4.99. The van der Waals surface area contributed by atoms with Crippen molar-refractivity contribution in [3.05, 3.63) is 48.0 Å². The minimum absolute atomic E-state index is 0.531. The van der Waals surface area contributed by atoms with Gasteiger partial charge in [0.1, 0.15) is 0 Å². The topological polar surface area (TPSA) is 20.2 Å². The van der Waals surface area contributed by atoms with Crippen LogP contribution in [0, 0.1) is 0 Å². The van der Waals surface area contributed by atoms with Crippen molar-refractivity contribution in [2.24, 2.45) is 0 Å². The number of hydrogen-bond donors (Lipinski definition) is 1. The summed E-state index contributed by atoms with van der Waals surface area (Å²) in [6.07, 6.45) is -2.28. The quantitative estimate of drug-likeness (QED) is 0.796. The summed E-state index contributed by atoms with van der Waals surface area (Å²) in [6, 6.07) is 13.2. The van der Waals surface area contributed by atoms with Crippen molar-refractivity contribution in [1.29, 1.82) is 0 Å². The van der Waals surface area contributed by atoms with Crippen LogP contribution in [-0.4, -0.2) is 11.2 Å². The van der Waals surface area contributed by atoms with E-state index in [0.29, 0.717) is 5.56 Å². The summed E-state index contributed by atoms with van der Waals surface area (Å²) in [5, 5.41) is 11.3. The molecule has 0 saturated heterocycles. The molecule has 15 heavy (non-hydrogen) atoms. The van der Waals surface area contributed by atoms with Crippen molar-refractivity contribution < 1.29 is 9.50 Å². The Morgan fingerprint density at radius 3 is 2.40 bits per heavy atom. The van der Waals surface area contributed by atoms with Crippen LogP contribution in [-0.2, 0) is 0 Å². The van der Waals surface area contributed by atoms with Crippen LogP contribution >= 0.6 is 0 Å². The van der Waals surface area contributed by atoms with Crippen LogP contribution in [0.25, 0.3) is 10.8 Å². The van der Waals surface area contributed by atoms with Crippen molar-refractivity contribution in [2.45, 2.75) is 19.2 Å². The van der Waals surface area contributed by atoms with E-state index in [2.05, 4.69) is 0 Å². The number of benzene rings is 2. The number of rotatable bonds is 2. The SMILES string of the molecule is C[C@@H](O)[C@H](F)c1ccc2ccccc2c1. The lowest BCUT2D eigenvalue weighted by Gasteiger charge is -2.11. The van der Waals surface area contributed by atoms with Crippen molar-refractivity contribution in [3.8, 4) is 0 Å². The maximum absolute atomic E-state index is 13.5. The first kappa shape index (κ1) is 10.1. The third-order valence-electron chi connectivity index (χ3n) is 2.52. The van der Waals surface area contributed by atoms with E-state index in [0.717, 1.165) is 10.8 Å². The van der Waals surface area contributed by atoms with Gasteiger partial charge in [-0.15, -0.1) is 0 Å². The standard InChI is InChI=1S/C13H13FO/c1-9(15)13(14)12-7-6-10-4-2-3-5-11(10)8-12/h2-9,13,15H,1H3/t9-,13+/m1/s1. The van der Waals surface area contributed by atoms with Crippen LogP contribution in [0.4, 0.5) is 4.39 Å². The molecule has 2 rings (SSSR count). The van der Waals surface area contributed by atoms with Gasteiger partial charge in [0.05, 0.1) is 6.10 Å². The van der Waals surface area contributed by atoms with Gasteiger partial charge < -0.3 is 5.11 Å². The fraction of sp³-hybridized carbons (Fsp3) is 0.231. The second-order valence-corrected chi connectivity index (χ2v) is 3.75. The summed E-state index contributed by atoms with van der Waals surface area (Å²) >= 11 is 0. The highest BCUT2D eigenvalue weighted by atomic mass is 19.1. The zero-order valence-corrected chi connectivity index (χ0v) is 8.52. The van der Waals surface area contributed by atoms with Gasteiger partial charge in [-0.1, -0.05) is 36.4 Å². The molecule has 0 heterocycles. The average Bonchev–Trinajstić information content (AvgIpc) is 2.27. The smallest absolute Gasteiger partial charge is 0.151 e. The van der Waals surface area contributed by atoms with Crippen LogP contribution in [0.2, 0.25) is 0 Å². The normalized spacial score (nSPS) is 15.1. The Morgan fingerprint density at radius 2 is 1.73 bits per heavy atom. The van der Waals surface area contributed by atoms with E-state index in [9.17, 15) is 9.50 Å². The van der Waals surface area contributed by atoms with Gasteiger partial charge in [-0.2, -0.15) is 0 Å². The third kappa shape index (κ3) is 2.00. The maximum atomic E-state index is 13.5. The Hall–Kier alpha value is -1.41. The Kier molecular flexibility index (Phi) is 2.69. The summed E-state index contributed by atoms with van der Waals surface area (Å²) in [6.45, 7) is 1.46. The second kappa shape index (κ2) is 3.99. The Balaban J connectivity index is 2.47. The minimum atomic E-state index is -1.31. The molecular weight excluding hydrogens is 191 g/mol. The number of fused-ring (bicyclic) bond motifs is 1. The van der Waals surface area contributed by atoms with Gasteiger partial charge in [-0.05, 0) is 29.3 Å². The van der Waals surface area contributed by atoms with Crippen molar-refractivity contribution in [3.63, 3.8) is 0 Å². The summed E-state index contributed by atoms with van der Waals surface area (Å²) in [4.78, 5) is 0. The van der Waals surface area contributed by atoms with E-state index in [1.54, 1.807) is 12.1 Å². The number of halogens is 1. The van der Waals surface area contributed by atoms with Gasteiger partial charge in [0.2, 0.25) is 0 Å². The molecule has 0 amide bonds.